The van der Waals surface area contributed by atoms with Crippen molar-refractivity contribution >= 4 is 46.1 Å². The molecule has 0 aliphatic heterocycles. The summed E-state index contributed by atoms with van der Waals surface area (Å²) in [6, 6.07) is 5.29. The maximum Gasteiger partial charge on any atom is 0.319 e. The van der Waals surface area contributed by atoms with E-state index >= 15 is 0 Å². The maximum absolute atomic E-state index is 11.4. The minimum atomic E-state index is -0.920. The number of halogens is 1. The number of anilines is 1. The van der Waals surface area contributed by atoms with Crippen molar-refractivity contribution in [3.63, 3.8) is 0 Å². The first-order chi connectivity index (χ1) is 8.02. The van der Waals surface area contributed by atoms with Crippen LogP contribution < -0.4 is 16.4 Å². The van der Waals surface area contributed by atoms with E-state index < -0.39 is 11.9 Å². The van der Waals surface area contributed by atoms with E-state index in [1.807, 2.05) is 27.9 Å². The lowest BCUT2D eigenvalue weighted by Crippen LogP contribution is -2.34. The molecule has 0 radical (unpaired) electrons. The summed E-state index contributed by atoms with van der Waals surface area (Å²) in [5.74, 6) is -0.777. The molecular weight excluding hydrogens is 337 g/mol. The number of nitrogens with two attached hydrogens (primary N) is 1. The first kappa shape index (κ1) is 13.4. The molecule has 0 heterocycles. The van der Waals surface area contributed by atoms with Crippen LogP contribution in [0.2, 0.25) is 0 Å². The summed E-state index contributed by atoms with van der Waals surface area (Å²) < 4.78 is 0.315. The molecule has 0 atom stereocenters. The Morgan fingerprint density at radius 3 is 2.59 bits per heavy atom. The number of hydrogen-bond acceptors (Lipinski definition) is 3. The molecule has 1 rings (SSSR count). The van der Waals surface area contributed by atoms with Gasteiger partial charge in [0.05, 0.1) is 4.43 Å². The SMILES string of the molecule is NC(=O)NC(=O)c1cccc(NC(=O)CI)c1. The largest absolute Gasteiger partial charge is 0.351 e. The normalized spacial score (nSPS) is 9.47. The number of amides is 4. The van der Waals surface area contributed by atoms with Crippen molar-refractivity contribution in [1.29, 1.82) is 0 Å². The summed E-state index contributed by atoms with van der Waals surface area (Å²) in [5, 5.41) is 4.54. The van der Waals surface area contributed by atoms with Crippen LogP contribution in [0.4, 0.5) is 10.5 Å². The Morgan fingerprint density at radius 1 is 1.29 bits per heavy atom. The minimum absolute atomic E-state index is 0.168. The average Bonchev–Trinajstić information content (AvgIpc) is 2.28. The molecule has 0 unspecified atom stereocenters. The number of carbonyl (C=O) groups is 3. The van der Waals surface area contributed by atoms with Crippen molar-refractivity contribution in [1.82, 2.24) is 5.32 Å². The summed E-state index contributed by atoms with van der Waals surface area (Å²) in [6.45, 7) is 0. The van der Waals surface area contributed by atoms with Crippen molar-refractivity contribution in [2.24, 2.45) is 5.73 Å². The van der Waals surface area contributed by atoms with Crippen LogP contribution in [-0.4, -0.2) is 22.3 Å². The smallest absolute Gasteiger partial charge is 0.319 e. The molecule has 0 spiro atoms. The number of alkyl halides is 1. The van der Waals surface area contributed by atoms with Crippen LogP contribution in [0.15, 0.2) is 24.3 Å². The summed E-state index contributed by atoms with van der Waals surface area (Å²) in [5.41, 5.74) is 5.56. The molecule has 1 aromatic rings. The Bertz CT molecular complexity index is 462. The van der Waals surface area contributed by atoms with Gasteiger partial charge in [-0.25, -0.2) is 4.79 Å². The average molecular weight is 347 g/mol. The fourth-order valence-electron chi connectivity index (χ4n) is 1.12. The second kappa shape index (κ2) is 6.18. The van der Waals surface area contributed by atoms with Crippen LogP contribution in [0.3, 0.4) is 0 Å². The summed E-state index contributed by atoms with van der Waals surface area (Å²) >= 11 is 1.93. The number of benzene rings is 1. The van der Waals surface area contributed by atoms with Gasteiger partial charge in [-0.1, -0.05) is 28.7 Å². The van der Waals surface area contributed by atoms with Gasteiger partial charge in [-0.2, -0.15) is 0 Å². The number of nitrogens with one attached hydrogen (secondary N) is 2. The molecule has 0 aliphatic carbocycles. The van der Waals surface area contributed by atoms with E-state index in [9.17, 15) is 14.4 Å². The van der Waals surface area contributed by atoms with Crippen LogP contribution in [-0.2, 0) is 4.79 Å². The van der Waals surface area contributed by atoms with E-state index in [4.69, 9.17) is 5.73 Å². The summed E-state index contributed by atoms with van der Waals surface area (Å²) in [4.78, 5) is 33.1. The van der Waals surface area contributed by atoms with Gasteiger partial charge in [-0.3, -0.25) is 14.9 Å². The lowest BCUT2D eigenvalue weighted by Gasteiger charge is -2.05. The van der Waals surface area contributed by atoms with E-state index in [2.05, 4.69) is 5.32 Å². The molecular formula is C10H10IN3O3. The molecule has 17 heavy (non-hydrogen) atoms. The molecule has 7 heteroatoms. The standard InChI is InChI=1S/C10H10IN3O3/c11-5-8(15)13-7-3-1-2-6(4-7)9(16)14-10(12)17/h1-4H,5H2,(H,13,15)(H3,12,14,16,17). The molecule has 4 amide bonds. The molecule has 0 saturated heterocycles. The quantitative estimate of drug-likeness (QED) is 0.559. The fraction of sp³-hybridized carbons (Fsp3) is 0.100. The minimum Gasteiger partial charge on any atom is -0.351 e. The lowest BCUT2D eigenvalue weighted by molar-refractivity contribution is -0.113. The molecule has 4 N–H and O–H groups in total. The zero-order valence-electron chi connectivity index (χ0n) is 8.70. The predicted molar refractivity (Wildman–Crippen MR) is 71.0 cm³/mol. The van der Waals surface area contributed by atoms with Gasteiger partial charge in [-0.05, 0) is 18.2 Å². The first-order valence-electron chi connectivity index (χ1n) is 4.59. The number of imide groups is 1. The highest BCUT2D eigenvalue weighted by atomic mass is 127. The van der Waals surface area contributed by atoms with Crippen LogP contribution in [0.5, 0.6) is 0 Å². The Kier molecular flexibility index (Phi) is 4.88. The van der Waals surface area contributed by atoms with Gasteiger partial charge in [-0.15, -0.1) is 0 Å². The number of hydrogen-bond donors (Lipinski definition) is 3. The highest BCUT2D eigenvalue weighted by Gasteiger charge is 2.08. The number of carbonyl (C=O) groups excluding carboxylic acids is 3. The Balaban J connectivity index is 2.82. The number of primary amides is 1. The van der Waals surface area contributed by atoms with Crippen molar-refractivity contribution in [2.75, 3.05) is 9.74 Å². The third-order valence-electron chi connectivity index (χ3n) is 1.77. The van der Waals surface area contributed by atoms with Crippen molar-refractivity contribution in [3.8, 4) is 0 Å². The molecule has 0 fully saturated rings. The highest BCUT2D eigenvalue weighted by molar-refractivity contribution is 14.1. The van der Waals surface area contributed by atoms with Crippen LogP contribution in [0.25, 0.3) is 0 Å². The Labute approximate surface area is 111 Å². The van der Waals surface area contributed by atoms with Crippen LogP contribution >= 0.6 is 22.6 Å². The van der Waals surface area contributed by atoms with Gasteiger partial charge in [0, 0.05) is 11.3 Å². The third-order valence-corrected chi connectivity index (χ3v) is 2.46. The fourth-order valence-corrected chi connectivity index (χ4v) is 1.31. The van der Waals surface area contributed by atoms with Crippen molar-refractivity contribution in [2.45, 2.75) is 0 Å². The molecule has 0 aromatic heterocycles. The third kappa shape index (κ3) is 4.39. The zero-order chi connectivity index (χ0) is 12.8. The second-order valence-corrected chi connectivity index (χ2v) is 3.84. The van der Waals surface area contributed by atoms with Gasteiger partial charge in [0.2, 0.25) is 5.91 Å². The van der Waals surface area contributed by atoms with E-state index in [0.717, 1.165) is 0 Å². The predicted octanol–water partition coefficient (Wildman–Crippen LogP) is 0.869. The van der Waals surface area contributed by atoms with Gasteiger partial charge in [0.15, 0.2) is 0 Å². The number of rotatable bonds is 3. The van der Waals surface area contributed by atoms with Gasteiger partial charge in [0.1, 0.15) is 0 Å². The Hall–Kier alpha value is -1.64. The van der Waals surface area contributed by atoms with Gasteiger partial charge in [0.25, 0.3) is 5.91 Å². The van der Waals surface area contributed by atoms with Gasteiger partial charge >= 0.3 is 6.03 Å². The van der Waals surface area contributed by atoms with E-state index in [1.54, 1.807) is 12.1 Å². The maximum atomic E-state index is 11.4. The summed E-state index contributed by atoms with van der Waals surface area (Å²) in [7, 11) is 0. The monoisotopic (exact) mass is 347 g/mol. The lowest BCUT2D eigenvalue weighted by atomic mass is 10.2. The zero-order valence-corrected chi connectivity index (χ0v) is 10.9. The van der Waals surface area contributed by atoms with E-state index in [1.165, 1.54) is 12.1 Å². The first-order valence-corrected chi connectivity index (χ1v) is 6.12. The topological polar surface area (TPSA) is 101 Å². The van der Waals surface area contributed by atoms with Crippen molar-refractivity contribution < 1.29 is 14.4 Å². The van der Waals surface area contributed by atoms with Gasteiger partial charge < -0.3 is 11.1 Å². The highest BCUT2D eigenvalue weighted by Crippen LogP contribution is 2.10. The molecule has 0 aliphatic rings. The molecule has 90 valence electrons. The molecule has 0 bridgehead atoms. The van der Waals surface area contributed by atoms with Crippen LogP contribution in [0.1, 0.15) is 10.4 Å². The van der Waals surface area contributed by atoms with Crippen molar-refractivity contribution in [3.05, 3.63) is 29.8 Å². The molecule has 6 nitrogen and oxygen atoms in total. The van der Waals surface area contributed by atoms with E-state index in [0.29, 0.717) is 10.1 Å². The molecule has 1 aromatic carbocycles. The van der Waals surface area contributed by atoms with Crippen LogP contribution in [0, 0.1) is 0 Å². The second-order valence-electron chi connectivity index (χ2n) is 3.08. The summed E-state index contributed by atoms with van der Waals surface area (Å²) in [6.07, 6.45) is 0. The Morgan fingerprint density at radius 2 is 2.00 bits per heavy atom. The number of urea groups is 1. The molecule has 0 saturated carbocycles. The van der Waals surface area contributed by atoms with E-state index in [-0.39, 0.29) is 11.5 Å².